The van der Waals surface area contributed by atoms with Gasteiger partial charge in [-0.15, -0.1) is 0 Å². The lowest BCUT2D eigenvalue weighted by molar-refractivity contribution is 0.969. The predicted molar refractivity (Wildman–Crippen MR) is 71.5 cm³/mol. The molecular formula is C14H17N3. The topological polar surface area (TPSA) is 50.9 Å². The molecule has 0 spiro atoms. The van der Waals surface area contributed by atoms with Gasteiger partial charge in [-0.25, -0.2) is 0 Å². The van der Waals surface area contributed by atoms with Crippen LogP contribution in [0.25, 0.3) is 0 Å². The molecule has 0 unspecified atom stereocenters. The predicted octanol–water partition coefficient (Wildman–Crippen LogP) is 2.63. The first-order chi connectivity index (χ1) is 8.28. The van der Waals surface area contributed by atoms with Crippen molar-refractivity contribution < 1.29 is 0 Å². The Morgan fingerprint density at radius 1 is 1.12 bits per heavy atom. The lowest BCUT2D eigenvalue weighted by atomic mass is 10.1. The summed E-state index contributed by atoms with van der Waals surface area (Å²) < 4.78 is 0. The molecule has 0 aliphatic heterocycles. The van der Waals surface area contributed by atoms with Crippen molar-refractivity contribution in [1.82, 2.24) is 4.98 Å². The van der Waals surface area contributed by atoms with Crippen molar-refractivity contribution in [3.8, 4) is 0 Å². The monoisotopic (exact) mass is 227 g/mol. The SMILES string of the molecule is Cc1cc(Nc2ccc(CCN)cc2)ccn1. The highest BCUT2D eigenvalue weighted by Crippen LogP contribution is 2.17. The van der Waals surface area contributed by atoms with Crippen LogP contribution < -0.4 is 11.1 Å². The highest BCUT2D eigenvalue weighted by Gasteiger charge is 1.96. The minimum Gasteiger partial charge on any atom is -0.355 e. The number of pyridine rings is 1. The minimum absolute atomic E-state index is 0.691. The Hall–Kier alpha value is -1.87. The first-order valence-corrected chi connectivity index (χ1v) is 5.76. The van der Waals surface area contributed by atoms with Crippen LogP contribution >= 0.6 is 0 Å². The van der Waals surface area contributed by atoms with Crippen molar-refractivity contribution in [2.45, 2.75) is 13.3 Å². The van der Waals surface area contributed by atoms with Crippen molar-refractivity contribution in [3.05, 3.63) is 53.9 Å². The molecular weight excluding hydrogens is 210 g/mol. The third-order valence-electron chi connectivity index (χ3n) is 2.57. The van der Waals surface area contributed by atoms with Gasteiger partial charge in [0.05, 0.1) is 0 Å². The molecule has 0 bridgehead atoms. The number of nitrogens with two attached hydrogens (primary N) is 1. The van der Waals surface area contributed by atoms with Gasteiger partial charge in [-0.2, -0.15) is 0 Å². The second kappa shape index (κ2) is 5.46. The largest absolute Gasteiger partial charge is 0.355 e. The number of anilines is 2. The molecule has 0 amide bonds. The van der Waals surface area contributed by atoms with E-state index in [1.807, 2.05) is 19.1 Å². The van der Waals surface area contributed by atoms with E-state index < -0.39 is 0 Å². The first-order valence-electron chi connectivity index (χ1n) is 5.76. The number of hydrogen-bond donors (Lipinski definition) is 2. The van der Waals surface area contributed by atoms with Gasteiger partial charge >= 0.3 is 0 Å². The number of nitrogens with one attached hydrogen (secondary N) is 1. The van der Waals surface area contributed by atoms with E-state index in [2.05, 4.69) is 34.6 Å². The molecule has 88 valence electrons. The standard InChI is InChI=1S/C14H17N3/c1-11-10-14(7-9-16-11)17-13-4-2-12(3-5-13)6-8-15/h2-5,7,9-10H,6,8,15H2,1H3,(H,16,17). The average molecular weight is 227 g/mol. The van der Waals surface area contributed by atoms with Crippen LogP contribution in [-0.4, -0.2) is 11.5 Å². The van der Waals surface area contributed by atoms with Gasteiger partial charge in [-0.1, -0.05) is 12.1 Å². The quantitative estimate of drug-likeness (QED) is 0.844. The zero-order valence-corrected chi connectivity index (χ0v) is 9.98. The molecule has 3 heteroatoms. The van der Waals surface area contributed by atoms with Crippen LogP contribution in [0.15, 0.2) is 42.6 Å². The van der Waals surface area contributed by atoms with Gasteiger partial charge in [0.2, 0.25) is 0 Å². The third-order valence-corrected chi connectivity index (χ3v) is 2.57. The maximum Gasteiger partial charge on any atom is 0.0417 e. The zero-order chi connectivity index (χ0) is 12.1. The molecule has 0 aliphatic carbocycles. The number of hydrogen-bond acceptors (Lipinski definition) is 3. The summed E-state index contributed by atoms with van der Waals surface area (Å²) in [5.74, 6) is 0. The summed E-state index contributed by atoms with van der Waals surface area (Å²) in [5, 5.41) is 3.34. The van der Waals surface area contributed by atoms with Crippen LogP contribution in [0.2, 0.25) is 0 Å². The molecule has 0 saturated carbocycles. The smallest absolute Gasteiger partial charge is 0.0417 e. The van der Waals surface area contributed by atoms with E-state index in [4.69, 9.17) is 5.73 Å². The fourth-order valence-corrected chi connectivity index (χ4v) is 1.71. The van der Waals surface area contributed by atoms with Crippen LogP contribution in [0.1, 0.15) is 11.3 Å². The van der Waals surface area contributed by atoms with E-state index in [1.165, 1.54) is 5.56 Å². The van der Waals surface area contributed by atoms with Crippen molar-refractivity contribution in [1.29, 1.82) is 0 Å². The third kappa shape index (κ3) is 3.29. The van der Waals surface area contributed by atoms with E-state index in [1.54, 1.807) is 6.20 Å². The van der Waals surface area contributed by atoms with Crippen LogP contribution in [-0.2, 0) is 6.42 Å². The van der Waals surface area contributed by atoms with E-state index in [0.717, 1.165) is 23.5 Å². The highest BCUT2D eigenvalue weighted by atomic mass is 14.9. The fourth-order valence-electron chi connectivity index (χ4n) is 1.71. The van der Waals surface area contributed by atoms with Gasteiger partial charge in [-0.3, -0.25) is 4.98 Å². The Morgan fingerprint density at radius 2 is 1.88 bits per heavy atom. The summed E-state index contributed by atoms with van der Waals surface area (Å²) >= 11 is 0. The first kappa shape index (κ1) is 11.6. The van der Waals surface area contributed by atoms with Gasteiger partial charge in [-0.05, 0) is 49.7 Å². The Bertz CT molecular complexity index is 477. The molecule has 1 aromatic heterocycles. The normalized spacial score (nSPS) is 10.2. The number of benzene rings is 1. The molecule has 1 heterocycles. The summed E-state index contributed by atoms with van der Waals surface area (Å²) in [6.45, 7) is 2.67. The van der Waals surface area contributed by atoms with Crippen molar-refractivity contribution >= 4 is 11.4 Å². The Balaban J connectivity index is 2.08. The van der Waals surface area contributed by atoms with Crippen molar-refractivity contribution in [2.24, 2.45) is 5.73 Å². The average Bonchev–Trinajstić information content (AvgIpc) is 2.32. The highest BCUT2D eigenvalue weighted by molar-refractivity contribution is 5.59. The molecule has 1 aromatic carbocycles. The summed E-state index contributed by atoms with van der Waals surface area (Å²) in [7, 11) is 0. The lowest BCUT2D eigenvalue weighted by Gasteiger charge is -2.07. The Morgan fingerprint density at radius 3 is 2.53 bits per heavy atom. The molecule has 0 radical (unpaired) electrons. The van der Waals surface area contributed by atoms with Gasteiger partial charge < -0.3 is 11.1 Å². The number of aryl methyl sites for hydroxylation is 1. The Kier molecular flexibility index (Phi) is 3.73. The zero-order valence-electron chi connectivity index (χ0n) is 9.98. The summed E-state index contributed by atoms with van der Waals surface area (Å²) in [4.78, 5) is 4.17. The number of aromatic nitrogens is 1. The molecule has 2 rings (SSSR count). The van der Waals surface area contributed by atoms with Crippen LogP contribution in [0.4, 0.5) is 11.4 Å². The number of rotatable bonds is 4. The van der Waals surface area contributed by atoms with Gasteiger partial charge in [0.1, 0.15) is 0 Å². The van der Waals surface area contributed by atoms with Gasteiger partial charge in [0, 0.05) is 23.3 Å². The molecule has 17 heavy (non-hydrogen) atoms. The van der Waals surface area contributed by atoms with Crippen LogP contribution in [0.5, 0.6) is 0 Å². The van der Waals surface area contributed by atoms with Gasteiger partial charge in [0.15, 0.2) is 0 Å². The second-order valence-corrected chi connectivity index (χ2v) is 4.05. The summed E-state index contributed by atoms with van der Waals surface area (Å²) in [6.07, 6.45) is 2.73. The molecule has 2 aromatic rings. The fraction of sp³-hybridized carbons (Fsp3) is 0.214. The van der Waals surface area contributed by atoms with E-state index >= 15 is 0 Å². The molecule has 0 saturated heterocycles. The Labute approximate surface area is 102 Å². The molecule has 0 atom stereocenters. The maximum absolute atomic E-state index is 5.52. The van der Waals surface area contributed by atoms with Crippen molar-refractivity contribution in [2.75, 3.05) is 11.9 Å². The molecule has 0 aliphatic rings. The van der Waals surface area contributed by atoms with E-state index in [9.17, 15) is 0 Å². The molecule has 0 fully saturated rings. The minimum atomic E-state index is 0.691. The molecule has 3 N–H and O–H groups in total. The van der Waals surface area contributed by atoms with Crippen molar-refractivity contribution in [3.63, 3.8) is 0 Å². The lowest BCUT2D eigenvalue weighted by Crippen LogP contribution is -2.02. The molecule has 3 nitrogen and oxygen atoms in total. The van der Waals surface area contributed by atoms with Crippen LogP contribution in [0, 0.1) is 6.92 Å². The maximum atomic E-state index is 5.52. The van der Waals surface area contributed by atoms with E-state index in [0.29, 0.717) is 6.54 Å². The van der Waals surface area contributed by atoms with Crippen LogP contribution in [0.3, 0.4) is 0 Å². The number of nitrogens with zero attached hydrogens (tertiary/aromatic N) is 1. The van der Waals surface area contributed by atoms with Gasteiger partial charge in [0.25, 0.3) is 0 Å². The van der Waals surface area contributed by atoms with E-state index in [-0.39, 0.29) is 0 Å². The second-order valence-electron chi connectivity index (χ2n) is 4.05. The summed E-state index contributed by atoms with van der Waals surface area (Å²) in [5.41, 5.74) is 9.93. The summed E-state index contributed by atoms with van der Waals surface area (Å²) in [6, 6.07) is 12.3.